The van der Waals surface area contributed by atoms with Gasteiger partial charge in [-0.3, -0.25) is 0 Å². The van der Waals surface area contributed by atoms with Crippen LogP contribution >= 0.6 is 0 Å². The molecule has 0 spiro atoms. The van der Waals surface area contributed by atoms with Crippen LogP contribution in [0, 0.1) is 5.92 Å². The molecule has 9 nitrogen and oxygen atoms in total. The van der Waals surface area contributed by atoms with Gasteiger partial charge < -0.3 is 24.8 Å². The highest BCUT2D eigenvalue weighted by atomic mass is 32.2. The third-order valence-electron chi connectivity index (χ3n) is 5.45. The number of rotatable bonds is 6. The van der Waals surface area contributed by atoms with Crippen molar-refractivity contribution in [3.05, 3.63) is 24.3 Å². The molecule has 4 rings (SSSR count). The number of aliphatic hydroxyl groups is 1. The third-order valence-corrected chi connectivity index (χ3v) is 6.91. The van der Waals surface area contributed by atoms with Crippen LogP contribution in [0.4, 0.5) is 17.6 Å². The van der Waals surface area contributed by atoms with E-state index in [0.717, 1.165) is 37.7 Å². The number of aliphatic hydroxyl groups excluding tert-OH is 1. The summed E-state index contributed by atoms with van der Waals surface area (Å²) in [5.74, 6) is 2.99. The Morgan fingerprint density at radius 2 is 1.97 bits per heavy atom. The van der Waals surface area contributed by atoms with Crippen LogP contribution < -0.4 is 15.1 Å². The molecule has 1 unspecified atom stereocenters. The Labute approximate surface area is 173 Å². The fraction of sp³-hybridized carbons (Fsp3) is 0.579. The molecule has 156 valence electrons. The van der Waals surface area contributed by atoms with E-state index in [-0.39, 0.29) is 18.6 Å². The molecule has 4 heterocycles. The molecule has 0 aliphatic carbocycles. The standard InChI is InChI=1S/C19H27N7O2S/c1-13(2)15(11-27)22-18-17-14(4-10-29(17)28)23-19(24-18)26-8-6-25(7-9-26)16-3-5-20-12-21-16/h3,5,12-13,15,27H,4,6-11H2,1-2H3,(H,22,23,24)/t15-,29?/m0/s1. The SMILES string of the molecule is CC(C)[C@H](CO)Nc1nc(N2CCN(c3ccncn3)CC2)nc2c1[S+]([O-])CC2. The van der Waals surface area contributed by atoms with Crippen molar-refractivity contribution in [3.8, 4) is 0 Å². The molecule has 29 heavy (non-hydrogen) atoms. The lowest BCUT2D eigenvalue weighted by atomic mass is 10.1. The maximum Gasteiger partial charge on any atom is 0.228 e. The molecule has 0 saturated carbocycles. The zero-order valence-corrected chi connectivity index (χ0v) is 17.6. The lowest BCUT2D eigenvalue weighted by Crippen LogP contribution is -2.47. The van der Waals surface area contributed by atoms with Crippen LogP contribution in [0.5, 0.6) is 0 Å². The van der Waals surface area contributed by atoms with E-state index in [1.165, 1.54) is 0 Å². The number of nitrogens with zero attached hydrogens (tertiary/aromatic N) is 6. The van der Waals surface area contributed by atoms with Crippen LogP contribution in [0.2, 0.25) is 0 Å². The van der Waals surface area contributed by atoms with Crippen molar-refractivity contribution in [1.82, 2.24) is 19.9 Å². The molecule has 2 N–H and O–H groups in total. The van der Waals surface area contributed by atoms with Crippen molar-refractivity contribution in [1.29, 1.82) is 0 Å². The summed E-state index contributed by atoms with van der Waals surface area (Å²) in [5.41, 5.74) is 0.856. The number of aromatic nitrogens is 4. The van der Waals surface area contributed by atoms with E-state index in [1.54, 1.807) is 12.5 Å². The lowest BCUT2D eigenvalue weighted by Gasteiger charge is -2.35. The maximum absolute atomic E-state index is 12.5. The minimum absolute atomic E-state index is 0.00395. The quantitative estimate of drug-likeness (QED) is 0.655. The normalized spacial score (nSPS) is 20.1. The molecule has 0 radical (unpaired) electrons. The Morgan fingerprint density at radius 1 is 1.21 bits per heavy atom. The maximum atomic E-state index is 12.5. The van der Waals surface area contributed by atoms with Gasteiger partial charge in [-0.05, 0) is 23.2 Å². The average Bonchev–Trinajstić information content (AvgIpc) is 3.13. The highest BCUT2D eigenvalue weighted by molar-refractivity contribution is 7.91. The van der Waals surface area contributed by atoms with Gasteiger partial charge in [-0.25, -0.2) is 15.0 Å². The fourth-order valence-corrected chi connectivity index (χ4v) is 4.94. The van der Waals surface area contributed by atoms with Gasteiger partial charge in [-0.1, -0.05) is 13.8 Å². The van der Waals surface area contributed by atoms with E-state index >= 15 is 0 Å². The number of anilines is 3. The van der Waals surface area contributed by atoms with Gasteiger partial charge in [0.15, 0.2) is 5.82 Å². The fourth-order valence-electron chi connectivity index (χ4n) is 3.63. The van der Waals surface area contributed by atoms with Crippen LogP contribution in [0.3, 0.4) is 0 Å². The van der Waals surface area contributed by atoms with Crippen LogP contribution in [-0.4, -0.2) is 74.2 Å². The molecule has 2 aliphatic heterocycles. The van der Waals surface area contributed by atoms with Crippen LogP contribution in [0.25, 0.3) is 0 Å². The molecule has 2 aromatic heterocycles. The smallest absolute Gasteiger partial charge is 0.228 e. The first-order valence-corrected chi connectivity index (χ1v) is 11.3. The zero-order chi connectivity index (χ0) is 20.4. The van der Waals surface area contributed by atoms with Gasteiger partial charge in [0.2, 0.25) is 10.8 Å². The Kier molecular flexibility index (Phi) is 6.02. The highest BCUT2D eigenvalue weighted by Gasteiger charge is 2.34. The number of piperazine rings is 1. The van der Waals surface area contributed by atoms with Gasteiger partial charge in [0.25, 0.3) is 0 Å². The van der Waals surface area contributed by atoms with Crippen molar-refractivity contribution in [2.24, 2.45) is 5.92 Å². The Balaban J connectivity index is 1.55. The van der Waals surface area contributed by atoms with Crippen molar-refractivity contribution >= 4 is 28.8 Å². The van der Waals surface area contributed by atoms with Gasteiger partial charge in [-0.15, -0.1) is 0 Å². The second-order valence-corrected chi connectivity index (χ2v) is 9.17. The second kappa shape index (κ2) is 8.68. The van der Waals surface area contributed by atoms with Gasteiger partial charge in [0.05, 0.1) is 12.6 Å². The summed E-state index contributed by atoms with van der Waals surface area (Å²) in [4.78, 5) is 22.9. The summed E-state index contributed by atoms with van der Waals surface area (Å²) in [6.45, 7) is 7.27. The number of fused-ring (bicyclic) bond motifs is 1. The van der Waals surface area contributed by atoms with Crippen LogP contribution in [0.1, 0.15) is 19.5 Å². The minimum atomic E-state index is -1.09. The van der Waals surface area contributed by atoms with E-state index in [4.69, 9.17) is 9.97 Å². The number of nitrogens with one attached hydrogen (secondary N) is 1. The van der Waals surface area contributed by atoms with Crippen molar-refractivity contribution in [2.45, 2.75) is 31.2 Å². The van der Waals surface area contributed by atoms with Gasteiger partial charge in [-0.2, -0.15) is 4.98 Å². The van der Waals surface area contributed by atoms with Gasteiger partial charge >= 0.3 is 0 Å². The summed E-state index contributed by atoms with van der Waals surface area (Å²) in [6.07, 6.45) is 4.01. The molecular formula is C19H27N7O2S. The lowest BCUT2D eigenvalue weighted by molar-refractivity contribution is 0.248. The second-order valence-electron chi connectivity index (χ2n) is 7.67. The predicted molar refractivity (Wildman–Crippen MR) is 113 cm³/mol. The molecule has 10 heteroatoms. The van der Waals surface area contributed by atoms with E-state index in [9.17, 15) is 9.66 Å². The number of hydrogen-bond donors (Lipinski definition) is 2. The summed E-state index contributed by atoms with van der Waals surface area (Å²) < 4.78 is 12.5. The Morgan fingerprint density at radius 3 is 2.62 bits per heavy atom. The van der Waals surface area contributed by atoms with Crippen LogP contribution in [0.15, 0.2) is 23.5 Å². The van der Waals surface area contributed by atoms with Crippen LogP contribution in [-0.2, 0) is 17.6 Å². The molecule has 2 atom stereocenters. The van der Waals surface area contributed by atoms with E-state index < -0.39 is 11.2 Å². The predicted octanol–water partition coefficient (Wildman–Crippen LogP) is 0.686. The van der Waals surface area contributed by atoms with E-state index in [2.05, 4.69) is 25.1 Å². The molecule has 0 amide bonds. The number of aryl methyl sites for hydroxylation is 1. The summed E-state index contributed by atoms with van der Waals surface area (Å²) >= 11 is -1.09. The molecule has 2 aromatic rings. The minimum Gasteiger partial charge on any atom is -0.611 e. The molecule has 0 aromatic carbocycles. The third kappa shape index (κ3) is 4.24. The highest BCUT2D eigenvalue weighted by Crippen LogP contribution is 2.33. The largest absolute Gasteiger partial charge is 0.611 e. The molecule has 0 bridgehead atoms. The summed E-state index contributed by atoms with van der Waals surface area (Å²) in [5, 5.41) is 13.0. The van der Waals surface area contributed by atoms with E-state index in [0.29, 0.717) is 28.8 Å². The van der Waals surface area contributed by atoms with Gasteiger partial charge in [0.1, 0.15) is 23.6 Å². The summed E-state index contributed by atoms with van der Waals surface area (Å²) in [7, 11) is 0. The molecule has 2 aliphatic rings. The first-order chi connectivity index (χ1) is 14.1. The topological polar surface area (TPSA) is 113 Å². The van der Waals surface area contributed by atoms with Gasteiger partial charge in [0, 0.05) is 38.8 Å². The van der Waals surface area contributed by atoms with Crippen molar-refractivity contribution in [2.75, 3.05) is 53.7 Å². The Bertz CT molecular complexity index is 831. The molecule has 1 fully saturated rings. The average molecular weight is 418 g/mol. The summed E-state index contributed by atoms with van der Waals surface area (Å²) in [6, 6.07) is 1.77. The molecular weight excluding hydrogens is 390 g/mol. The molecule has 1 saturated heterocycles. The van der Waals surface area contributed by atoms with E-state index in [1.807, 2.05) is 19.9 Å². The first kappa shape index (κ1) is 20.1. The first-order valence-electron chi connectivity index (χ1n) is 9.99. The van der Waals surface area contributed by atoms with Crippen molar-refractivity contribution in [3.63, 3.8) is 0 Å². The number of hydrogen-bond acceptors (Lipinski definition) is 9. The monoisotopic (exact) mass is 417 g/mol. The zero-order valence-electron chi connectivity index (χ0n) is 16.8. The van der Waals surface area contributed by atoms with Crippen molar-refractivity contribution < 1.29 is 9.66 Å². The Hall–Kier alpha value is -2.17.